The molecule has 3 heteroatoms. The molecule has 0 bridgehead atoms. The Morgan fingerprint density at radius 3 is 2.58 bits per heavy atom. The number of hydrogen-bond acceptors (Lipinski definition) is 3. The first kappa shape index (κ1) is 9.96. The number of aliphatic hydroxyl groups excluding tert-OH is 1. The molecule has 1 heterocycles. The highest BCUT2D eigenvalue weighted by molar-refractivity contribution is 4.81. The van der Waals surface area contributed by atoms with Crippen LogP contribution >= 0.6 is 0 Å². The van der Waals surface area contributed by atoms with Crippen LogP contribution < -0.4 is 5.32 Å². The van der Waals surface area contributed by atoms with Gasteiger partial charge >= 0.3 is 0 Å². The standard InChI is InChI=1S/C9H19NO2/c1-9(2,3)12-6-7-4-8(11)5-10-7/h7-8,10-11H,4-6H2,1-3H3. The molecule has 0 aromatic carbocycles. The van der Waals surface area contributed by atoms with Crippen molar-refractivity contribution >= 4 is 0 Å². The maximum absolute atomic E-state index is 9.21. The third-order valence-corrected chi connectivity index (χ3v) is 1.92. The van der Waals surface area contributed by atoms with Gasteiger partial charge in [-0.05, 0) is 27.2 Å². The monoisotopic (exact) mass is 173 g/mol. The van der Waals surface area contributed by atoms with Crippen molar-refractivity contribution in [1.82, 2.24) is 5.32 Å². The SMILES string of the molecule is CC(C)(C)OCC1CC(O)CN1. The molecule has 0 amide bonds. The minimum absolute atomic E-state index is 0.0742. The molecule has 0 aromatic heterocycles. The zero-order valence-electron chi connectivity index (χ0n) is 8.13. The van der Waals surface area contributed by atoms with Gasteiger partial charge in [-0.25, -0.2) is 0 Å². The van der Waals surface area contributed by atoms with Crippen molar-refractivity contribution in [2.24, 2.45) is 0 Å². The number of hydrogen-bond donors (Lipinski definition) is 2. The van der Waals surface area contributed by atoms with Gasteiger partial charge in [-0.15, -0.1) is 0 Å². The number of aliphatic hydroxyl groups is 1. The average molecular weight is 173 g/mol. The molecular weight excluding hydrogens is 154 g/mol. The summed E-state index contributed by atoms with van der Waals surface area (Å²) in [5.74, 6) is 0. The molecule has 1 fully saturated rings. The Kier molecular flexibility index (Phi) is 3.09. The Morgan fingerprint density at radius 2 is 2.17 bits per heavy atom. The van der Waals surface area contributed by atoms with E-state index < -0.39 is 0 Å². The summed E-state index contributed by atoms with van der Waals surface area (Å²) in [6.07, 6.45) is 0.634. The largest absolute Gasteiger partial charge is 0.392 e. The van der Waals surface area contributed by atoms with E-state index in [9.17, 15) is 5.11 Å². The van der Waals surface area contributed by atoms with Gasteiger partial charge in [0, 0.05) is 12.6 Å². The van der Waals surface area contributed by atoms with E-state index >= 15 is 0 Å². The van der Waals surface area contributed by atoms with Gasteiger partial charge in [-0.1, -0.05) is 0 Å². The van der Waals surface area contributed by atoms with Crippen molar-refractivity contribution in [3.8, 4) is 0 Å². The second-order valence-electron chi connectivity index (χ2n) is 4.42. The molecule has 0 spiro atoms. The number of rotatable bonds is 2. The third-order valence-electron chi connectivity index (χ3n) is 1.92. The van der Waals surface area contributed by atoms with E-state index in [1.54, 1.807) is 0 Å². The fraction of sp³-hybridized carbons (Fsp3) is 1.00. The molecule has 1 aliphatic heterocycles. The van der Waals surface area contributed by atoms with E-state index in [4.69, 9.17) is 4.74 Å². The van der Waals surface area contributed by atoms with E-state index in [0.29, 0.717) is 19.2 Å². The normalized spacial score (nSPS) is 31.0. The van der Waals surface area contributed by atoms with Crippen LogP contribution in [0.25, 0.3) is 0 Å². The van der Waals surface area contributed by atoms with Crippen molar-refractivity contribution in [2.45, 2.75) is 44.9 Å². The van der Waals surface area contributed by atoms with Crippen LogP contribution in [0.5, 0.6) is 0 Å². The molecule has 2 N–H and O–H groups in total. The van der Waals surface area contributed by atoms with E-state index in [2.05, 4.69) is 5.32 Å². The zero-order chi connectivity index (χ0) is 9.19. The van der Waals surface area contributed by atoms with E-state index in [0.717, 1.165) is 6.42 Å². The second-order valence-corrected chi connectivity index (χ2v) is 4.42. The van der Waals surface area contributed by atoms with Gasteiger partial charge in [0.05, 0.1) is 18.3 Å². The molecule has 72 valence electrons. The van der Waals surface area contributed by atoms with Crippen LogP contribution in [0, 0.1) is 0 Å². The van der Waals surface area contributed by atoms with Gasteiger partial charge < -0.3 is 15.2 Å². The quantitative estimate of drug-likeness (QED) is 0.640. The molecular formula is C9H19NO2. The average Bonchev–Trinajstić information content (AvgIpc) is 2.30. The molecule has 1 saturated heterocycles. The summed E-state index contributed by atoms with van der Waals surface area (Å²) in [6.45, 7) is 7.52. The highest BCUT2D eigenvalue weighted by Gasteiger charge is 2.23. The van der Waals surface area contributed by atoms with E-state index in [1.165, 1.54) is 0 Å². The molecule has 1 rings (SSSR count). The van der Waals surface area contributed by atoms with Crippen LogP contribution in [0.3, 0.4) is 0 Å². The Bertz CT molecular complexity index is 142. The fourth-order valence-electron chi connectivity index (χ4n) is 1.28. The van der Waals surface area contributed by atoms with Crippen molar-refractivity contribution in [2.75, 3.05) is 13.2 Å². The van der Waals surface area contributed by atoms with Crippen molar-refractivity contribution in [3.63, 3.8) is 0 Å². The van der Waals surface area contributed by atoms with Crippen molar-refractivity contribution < 1.29 is 9.84 Å². The highest BCUT2D eigenvalue weighted by atomic mass is 16.5. The first-order chi connectivity index (χ1) is 5.47. The summed E-state index contributed by atoms with van der Waals surface area (Å²) in [5, 5.41) is 12.4. The molecule has 2 atom stereocenters. The molecule has 0 aromatic rings. The van der Waals surface area contributed by atoms with Gasteiger partial charge in [0.1, 0.15) is 0 Å². The topological polar surface area (TPSA) is 41.5 Å². The molecule has 0 aliphatic carbocycles. The lowest BCUT2D eigenvalue weighted by Crippen LogP contribution is -2.31. The van der Waals surface area contributed by atoms with E-state index in [1.807, 2.05) is 20.8 Å². The molecule has 2 unspecified atom stereocenters. The Balaban J connectivity index is 2.16. The number of nitrogens with one attached hydrogen (secondary N) is 1. The second kappa shape index (κ2) is 3.73. The van der Waals surface area contributed by atoms with Crippen molar-refractivity contribution in [1.29, 1.82) is 0 Å². The smallest absolute Gasteiger partial charge is 0.0680 e. The number of ether oxygens (including phenoxy) is 1. The molecule has 0 saturated carbocycles. The van der Waals surface area contributed by atoms with Crippen LogP contribution in [-0.4, -0.2) is 36.0 Å². The van der Waals surface area contributed by atoms with Gasteiger partial charge in [0.15, 0.2) is 0 Å². The van der Waals surface area contributed by atoms with Crippen molar-refractivity contribution in [3.05, 3.63) is 0 Å². The Labute approximate surface area is 74.1 Å². The predicted octanol–water partition coefficient (Wildman–Crippen LogP) is 0.524. The summed E-state index contributed by atoms with van der Waals surface area (Å²) < 4.78 is 5.59. The maximum Gasteiger partial charge on any atom is 0.0680 e. The Hall–Kier alpha value is -0.120. The Morgan fingerprint density at radius 1 is 1.50 bits per heavy atom. The summed E-state index contributed by atoms with van der Waals surface area (Å²) in [5.41, 5.74) is -0.0742. The zero-order valence-corrected chi connectivity index (χ0v) is 8.13. The van der Waals surface area contributed by atoms with Gasteiger partial charge in [-0.3, -0.25) is 0 Å². The minimum atomic E-state index is -0.182. The lowest BCUT2D eigenvalue weighted by Gasteiger charge is -2.22. The summed E-state index contributed by atoms with van der Waals surface area (Å²) in [4.78, 5) is 0. The molecule has 0 radical (unpaired) electrons. The van der Waals surface area contributed by atoms with Gasteiger partial charge in [-0.2, -0.15) is 0 Å². The van der Waals surface area contributed by atoms with E-state index in [-0.39, 0.29) is 11.7 Å². The predicted molar refractivity (Wildman–Crippen MR) is 48.1 cm³/mol. The highest BCUT2D eigenvalue weighted by Crippen LogP contribution is 2.11. The van der Waals surface area contributed by atoms with Crippen LogP contribution in [0.2, 0.25) is 0 Å². The maximum atomic E-state index is 9.21. The minimum Gasteiger partial charge on any atom is -0.392 e. The summed E-state index contributed by atoms with van der Waals surface area (Å²) >= 11 is 0. The van der Waals surface area contributed by atoms with Crippen LogP contribution in [0.4, 0.5) is 0 Å². The van der Waals surface area contributed by atoms with Crippen LogP contribution in [0.1, 0.15) is 27.2 Å². The fourth-order valence-corrected chi connectivity index (χ4v) is 1.28. The first-order valence-electron chi connectivity index (χ1n) is 4.53. The summed E-state index contributed by atoms with van der Waals surface area (Å²) in [6, 6.07) is 0.333. The molecule has 3 nitrogen and oxygen atoms in total. The lowest BCUT2D eigenvalue weighted by molar-refractivity contribution is -0.0133. The van der Waals surface area contributed by atoms with Gasteiger partial charge in [0.2, 0.25) is 0 Å². The van der Waals surface area contributed by atoms with Crippen LogP contribution in [-0.2, 0) is 4.74 Å². The molecule has 1 aliphatic rings. The lowest BCUT2D eigenvalue weighted by atomic mass is 10.2. The molecule has 12 heavy (non-hydrogen) atoms. The van der Waals surface area contributed by atoms with Gasteiger partial charge in [0.25, 0.3) is 0 Å². The van der Waals surface area contributed by atoms with Crippen LogP contribution in [0.15, 0.2) is 0 Å². The number of β-amino-alcohol motifs (C(OH)–C–C–N with tert-alkyl or cyclic N) is 1. The summed E-state index contributed by atoms with van der Waals surface area (Å²) in [7, 11) is 0. The first-order valence-corrected chi connectivity index (χ1v) is 4.53. The third kappa shape index (κ3) is 3.52.